The topological polar surface area (TPSA) is 82.5 Å². The molecule has 5 rings (SSSR count). The van der Waals surface area contributed by atoms with Gasteiger partial charge in [0.25, 0.3) is 0 Å². The summed E-state index contributed by atoms with van der Waals surface area (Å²) in [6.07, 6.45) is 14.2. The highest BCUT2D eigenvalue weighted by Crippen LogP contribution is 2.36. The van der Waals surface area contributed by atoms with Crippen molar-refractivity contribution in [2.24, 2.45) is 11.8 Å². The van der Waals surface area contributed by atoms with Crippen LogP contribution in [0.15, 0.2) is 36.4 Å². The zero-order valence-corrected chi connectivity index (χ0v) is 33.0. The molecule has 1 saturated carbocycles. The number of hydrogen-bond acceptors (Lipinski definition) is 7. The van der Waals surface area contributed by atoms with E-state index in [0.29, 0.717) is 40.5 Å². The molecule has 4 aromatic rings. The number of esters is 1. The third-order valence-corrected chi connectivity index (χ3v) is 10.8. The van der Waals surface area contributed by atoms with E-state index >= 15 is 0 Å². The standard InChI is InChI=1S/C44H59N5O4/c1-9-12-14-15-16-17-26-52-35-23-24-38(51-8)36(29-35)42-46-43-39(44(50)53-41-30(4)19-18-20-31(41)5)40(45-7)37(49(43)47-42)28-33-21-22-34(27-32(33)6)48(11-3)25-13-10-2/h21-24,27-31,41H,9-20,25-26H2,1-6,8H3/b37-28+. The SMILES string of the molecule is [C-]#[N+]c1c(C(=O)OC2C(C)CCCC2C)c2nc(-c3cc(OCCCCCCCC)ccc3OC)nn2/c1=C/c1ccc(N(CC)CCCC)cc1C. The maximum atomic E-state index is 14.2. The molecule has 53 heavy (non-hydrogen) atoms. The highest BCUT2D eigenvalue weighted by Gasteiger charge is 2.34. The van der Waals surface area contributed by atoms with Gasteiger partial charge in [-0.05, 0) is 98.9 Å². The van der Waals surface area contributed by atoms with E-state index in [9.17, 15) is 4.79 Å². The van der Waals surface area contributed by atoms with Gasteiger partial charge in [-0.3, -0.25) is 0 Å². The number of methoxy groups -OCH3 is 1. The van der Waals surface area contributed by atoms with Crippen LogP contribution in [0.25, 0.3) is 28.0 Å². The van der Waals surface area contributed by atoms with E-state index in [2.05, 4.69) is 69.5 Å². The van der Waals surface area contributed by atoms with Crippen LogP contribution in [0, 0.1) is 25.3 Å². The second-order valence-corrected chi connectivity index (χ2v) is 14.7. The number of ether oxygens (including phenoxy) is 3. The predicted octanol–water partition coefficient (Wildman–Crippen LogP) is 10.2. The maximum Gasteiger partial charge on any atom is 0.331 e. The molecule has 2 aromatic heterocycles. The van der Waals surface area contributed by atoms with Crippen molar-refractivity contribution in [3.05, 3.63) is 69.9 Å². The summed E-state index contributed by atoms with van der Waals surface area (Å²) in [4.78, 5) is 25.5. The Balaban J connectivity index is 1.58. The number of benzene rings is 2. The minimum Gasteiger partial charge on any atom is -0.496 e. The van der Waals surface area contributed by atoms with Gasteiger partial charge in [-0.25, -0.2) is 19.1 Å². The van der Waals surface area contributed by atoms with Gasteiger partial charge in [-0.15, -0.1) is 5.10 Å². The van der Waals surface area contributed by atoms with Gasteiger partial charge in [0.2, 0.25) is 5.69 Å². The van der Waals surface area contributed by atoms with Crippen LogP contribution in [0.5, 0.6) is 11.5 Å². The molecule has 2 atom stereocenters. The van der Waals surface area contributed by atoms with Gasteiger partial charge < -0.3 is 19.1 Å². The monoisotopic (exact) mass is 721 g/mol. The van der Waals surface area contributed by atoms with Crippen LogP contribution in [-0.2, 0) is 4.74 Å². The average Bonchev–Trinajstić information content (AvgIpc) is 3.71. The molecule has 0 aliphatic heterocycles. The Hall–Kier alpha value is -4.58. The summed E-state index contributed by atoms with van der Waals surface area (Å²) in [5, 5.41) is 5.45. The molecule has 2 unspecified atom stereocenters. The first-order valence-electron chi connectivity index (χ1n) is 19.9. The fourth-order valence-electron chi connectivity index (χ4n) is 7.60. The van der Waals surface area contributed by atoms with E-state index in [0.717, 1.165) is 69.2 Å². The second kappa shape index (κ2) is 19.0. The van der Waals surface area contributed by atoms with Gasteiger partial charge in [0, 0.05) is 18.8 Å². The molecule has 0 bridgehead atoms. The smallest absolute Gasteiger partial charge is 0.331 e. The van der Waals surface area contributed by atoms with Crippen LogP contribution in [0.3, 0.4) is 0 Å². The van der Waals surface area contributed by atoms with E-state index in [4.69, 9.17) is 30.9 Å². The Morgan fingerprint density at radius 3 is 2.42 bits per heavy atom. The van der Waals surface area contributed by atoms with Gasteiger partial charge in [0.1, 0.15) is 23.2 Å². The van der Waals surface area contributed by atoms with E-state index in [1.165, 1.54) is 31.4 Å². The van der Waals surface area contributed by atoms with E-state index < -0.39 is 5.97 Å². The van der Waals surface area contributed by atoms with Gasteiger partial charge in [0.15, 0.2) is 11.5 Å². The quantitative estimate of drug-likeness (QED) is 0.0575. The maximum absolute atomic E-state index is 14.2. The summed E-state index contributed by atoms with van der Waals surface area (Å²) < 4.78 is 19.8. The van der Waals surface area contributed by atoms with Gasteiger partial charge in [0.05, 0.1) is 31.2 Å². The molecular formula is C44H59N5O4. The summed E-state index contributed by atoms with van der Waals surface area (Å²) in [5.74, 6) is 1.60. The molecule has 9 nitrogen and oxygen atoms in total. The normalized spacial score (nSPS) is 17.5. The first kappa shape index (κ1) is 39.6. The Kier molecular flexibility index (Phi) is 14.2. The number of hydrogen-bond donors (Lipinski definition) is 0. The first-order valence-corrected chi connectivity index (χ1v) is 19.9. The molecule has 2 heterocycles. The van der Waals surface area contributed by atoms with Crippen molar-refractivity contribution in [2.75, 3.05) is 31.7 Å². The third kappa shape index (κ3) is 9.33. The van der Waals surface area contributed by atoms with Crippen LogP contribution in [0.2, 0.25) is 0 Å². The largest absolute Gasteiger partial charge is 0.496 e. The first-order chi connectivity index (χ1) is 25.7. The predicted molar refractivity (Wildman–Crippen MR) is 214 cm³/mol. The number of rotatable bonds is 18. The summed E-state index contributed by atoms with van der Waals surface area (Å²) in [6.45, 7) is 23.8. The van der Waals surface area contributed by atoms with E-state index in [-0.39, 0.29) is 29.2 Å². The van der Waals surface area contributed by atoms with E-state index in [1.54, 1.807) is 11.6 Å². The molecule has 9 heteroatoms. The van der Waals surface area contributed by atoms with Crippen molar-refractivity contribution >= 4 is 29.1 Å². The number of fused-ring (bicyclic) bond motifs is 1. The summed E-state index contributed by atoms with van der Waals surface area (Å²) in [6, 6.07) is 12.1. The summed E-state index contributed by atoms with van der Waals surface area (Å²) in [7, 11) is 1.62. The Labute approximate surface area is 316 Å². The van der Waals surface area contributed by atoms with Gasteiger partial charge >= 0.3 is 5.97 Å². The lowest BCUT2D eigenvalue weighted by molar-refractivity contribution is -0.0159. The van der Waals surface area contributed by atoms with E-state index in [1.807, 2.05) is 24.3 Å². The molecule has 0 radical (unpaired) electrons. The lowest BCUT2D eigenvalue weighted by Gasteiger charge is -2.33. The number of carbonyl (C=O) groups excluding carboxylic acids is 1. The molecule has 1 aliphatic carbocycles. The van der Waals surface area contributed by atoms with Crippen molar-refractivity contribution in [3.63, 3.8) is 0 Å². The molecule has 2 aromatic carbocycles. The Morgan fingerprint density at radius 2 is 1.74 bits per heavy atom. The fourth-order valence-corrected chi connectivity index (χ4v) is 7.60. The Bertz CT molecular complexity index is 1920. The van der Waals surface area contributed by atoms with Crippen LogP contribution < -0.4 is 19.7 Å². The second-order valence-electron chi connectivity index (χ2n) is 14.7. The van der Waals surface area contributed by atoms with Crippen molar-refractivity contribution in [3.8, 4) is 22.9 Å². The number of aryl methyl sites for hydroxylation is 1. The van der Waals surface area contributed by atoms with Crippen molar-refractivity contribution in [1.29, 1.82) is 0 Å². The third-order valence-electron chi connectivity index (χ3n) is 10.8. The zero-order chi connectivity index (χ0) is 37.9. The molecule has 284 valence electrons. The molecule has 0 N–H and O–H groups in total. The van der Waals surface area contributed by atoms with Crippen LogP contribution in [-0.4, -0.2) is 53.5 Å². The molecule has 0 saturated heterocycles. The van der Waals surface area contributed by atoms with Crippen molar-refractivity contribution in [1.82, 2.24) is 14.6 Å². The van der Waals surface area contributed by atoms with Gasteiger partial charge in [-0.2, -0.15) is 0 Å². The molecular weight excluding hydrogens is 663 g/mol. The number of carbonyl (C=O) groups is 1. The minimum atomic E-state index is -0.533. The number of aromatic nitrogens is 3. The van der Waals surface area contributed by atoms with Gasteiger partial charge in [-0.1, -0.05) is 78.7 Å². The summed E-state index contributed by atoms with van der Waals surface area (Å²) in [5.41, 5.74) is 4.45. The molecule has 1 fully saturated rings. The molecule has 0 amide bonds. The number of unbranched alkanes of at least 4 members (excludes halogenated alkanes) is 6. The fraction of sp³-hybridized carbons (Fsp3) is 0.545. The number of anilines is 1. The van der Waals surface area contributed by atoms with Crippen LogP contribution in [0.1, 0.15) is 127 Å². The highest BCUT2D eigenvalue weighted by molar-refractivity contribution is 6.03. The Morgan fingerprint density at radius 1 is 1.00 bits per heavy atom. The van der Waals surface area contributed by atoms with Crippen molar-refractivity contribution in [2.45, 2.75) is 118 Å². The molecule has 1 aliphatic rings. The van der Waals surface area contributed by atoms with Crippen molar-refractivity contribution < 1.29 is 19.0 Å². The van der Waals surface area contributed by atoms with Crippen LogP contribution in [0.4, 0.5) is 11.4 Å². The average molecular weight is 722 g/mol. The highest BCUT2D eigenvalue weighted by atomic mass is 16.5. The summed E-state index contributed by atoms with van der Waals surface area (Å²) >= 11 is 0. The van der Waals surface area contributed by atoms with Crippen LogP contribution >= 0.6 is 0 Å². The molecule has 0 spiro atoms. The zero-order valence-electron chi connectivity index (χ0n) is 33.0. The number of nitrogens with zero attached hydrogens (tertiary/aromatic N) is 5. The lowest BCUT2D eigenvalue weighted by atomic mass is 9.80. The lowest BCUT2D eigenvalue weighted by Crippen LogP contribution is -2.34. The minimum absolute atomic E-state index is 0.149.